The maximum atomic E-state index is 12.8. The smallest absolute Gasteiger partial charge is 0.257 e. The third kappa shape index (κ3) is 4.71. The van der Waals surface area contributed by atoms with Gasteiger partial charge in [-0.2, -0.15) is 0 Å². The van der Waals surface area contributed by atoms with Gasteiger partial charge in [0.15, 0.2) is 0 Å². The number of carbonyl (C=O) groups excluding carboxylic acids is 1. The summed E-state index contributed by atoms with van der Waals surface area (Å²) >= 11 is 5.27. The lowest BCUT2D eigenvalue weighted by Crippen LogP contribution is -2.48. The minimum absolute atomic E-state index is 0.0400. The van der Waals surface area contributed by atoms with E-state index in [1.165, 1.54) is 4.88 Å². The Morgan fingerprint density at radius 3 is 2.64 bits per heavy atom. The molecule has 0 radical (unpaired) electrons. The first-order valence-corrected chi connectivity index (χ1v) is 9.87. The second-order valence-electron chi connectivity index (χ2n) is 5.87. The highest BCUT2D eigenvalue weighted by Gasteiger charge is 2.24. The van der Waals surface area contributed by atoms with Crippen LogP contribution in [0.3, 0.4) is 0 Å². The Balaban J connectivity index is 1.59. The number of rotatable bonds is 6. The Kier molecular flexibility index (Phi) is 6.29. The number of hydrogen-bond acceptors (Lipinski definition) is 4. The maximum absolute atomic E-state index is 12.8. The molecule has 0 saturated carbocycles. The van der Waals surface area contributed by atoms with Crippen LogP contribution in [0, 0.1) is 0 Å². The molecule has 0 bridgehead atoms. The van der Waals surface area contributed by atoms with Gasteiger partial charge in [-0.1, -0.05) is 24.8 Å². The Bertz CT molecular complexity index is 739. The number of para-hydroxylation sites is 1. The number of amides is 1. The van der Waals surface area contributed by atoms with Gasteiger partial charge in [-0.25, -0.2) is 0 Å². The van der Waals surface area contributed by atoms with Crippen LogP contribution >= 0.6 is 27.3 Å². The van der Waals surface area contributed by atoms with E-state index in [9.17, 15) is 4.79 Å². The molecule has 0 N–H and O–H groups in total. The lowest BCUT2D eigenvalue weighted by Gasteiger charge is -2.34. The van der Waals surface area contributed by atoms with Crippen molar-refractivity contribution in [1.82, 2.24) is 9.80 Å². The number of halogens is 1. The molecule has 1 aliphatic heterocycles. The van der Waals surface area contributed by atoms with Gasteiger partial charge in [-0.05, 0) is 40.2 Å². The summed E-state index contributed by atoms with van der Waals surface area (Å²) in [4.78, 5) is 18.5. The molecule has 132 valence electrons. The van der Waals surface area contributed by atoms with Crippen LogP contribution in [0.1, 0.15) is 15.2 Å². The minimum Gasteiger partial charge on any atom is -0.489 e. The first-order chi connectivity index (χ1) is 12.2. The van der Waals surface area contributed by atoms with Crippen molar-refractivity contribution in [1.29, 1.82) is 0 Å². The number of carbonyl (C=O) groups is 1. The predicted molar refractivity (Wildman–Crippen MR) is 105 cm³/mol. The molecule has 6 heteroatoms. The number of hydrogen-bond donors (Lipinski definition) is 0. The van der Waals surface area contributed by atoms with Crippen LogP contribution in [0.25, 0.3) is 0 Å². The van der Waals surface area contributed by atoms with Crippen LogP contribution in [0.5, 0.6) is 5.75 Å². The van der Waals surface area contributed by atoms with Gasteiger partial charge in [-0.3, -0.25) is 9.69 Å². The van der Waals surface area contributed by atoms with Crippen LogP contribution in [-0.2, 0) is 6.54 Å². The zero-order valence-corrected chi connectivity index (χ0v) is 16.4. The molecule has 25 heavy (non-hydrogen) atoms. The van der Waals surface area contributed by atoms with E-state index >= 15 is 0 Å². The first kappa shape index (κ1) is 18.2. The quantitative estimate of drug-likeness (QED) is 0.661. The fraction of sp³-hybridized carbons (Fsp3) is 0.316. The lowest BCUT2D eigenvalue weighted by atomic mass is 10.1. The monoisotopic (exact) mass is 420 g/mol. The van der Waals surface area contributed by atoms with E-state index in [1.54, 1.807) is 17.4 Å². The maximum Gasteiger partial charge on any atom is 0.257 e. The van der Waals surface area contributed by atoms with Gasteiger partial charge < -0.3 is 9.64 Å². The minimum atomic E-state index is 0.0400. The molecule has 0 atom stereocenters. The fourth-order valence-electron chi connectivity index (χ4n) is 2.85. The molecule has 1 aliphatic rings. The first-order valence-electron chi connectivity index (χ1n) is 8.26. The third-order valence-electron chi connectivity index (χ3n) is 4.14. The van der Waals surface area contributed by atoms with E-state index in [2.05, 4.69) is 39.5 Å². The SMILES string of the molecule is C=CCOc1ccccc1C(=O)N1CCN(Cc2ccc(Br)s2)CC1. The van der Waals surface area contributed by atoms with Gasteiger partial charge in [0.05, 0.1) is 9.35 Å². The fourth-order valence-corrected chi connectivity index (χ4v) is 4.38. The molecule has 1 saturated heterocycles. The summed E-state index contributed by atoms with van der Waals surface area (Å²) in [7, 11) is 0. The van der Waals surface area contributed by atoms with Crippen molar-refractivity contribution in [3.8, 4) is 5.75 Å². The summed E-state index contributed by atoms with van der Waals surface area (Å²) in [5.74, 6) is 0.663. The van der Waals surface area contributed by atoms with E-state index in [4.69, 9.17) is 4.74 Å². The third-order valence-corrected chi connectivity index (χ3v) is 5.75. The predicted octanol–water partition coefficient (Wildman–Crippen LogP) is 4.03. The van der Waals surface area contributed by atoms with E-state index in [-0.39, 0.29) is 5.91 Å². The van der Waals surface area contributed by atoms with E-state index in [0.29, 0.717) is 17.9 Å². The Hall–Kier alpha value is -1.63. The van der Waals surface area contributed by atoms with E-state index in [0.717, 1.165) is 36.5 Å². The standard InChI is InChI=1S/C19H21BrN2O2S/c1-2-13-24-17-6-4-3-5-16(17)19(23)22-11-9-21(10-12-22)14-15-7-8-18(20)25-15/h2-8H,1,9-14H2. The van der Waals surface area contributed by atoms with Crippen molar-refractivity contribution in [2.24, 2.45) is 0 Å². The second-order valence-corrected chi connectivity index (χ2v) is 8.42. The molecule has 0 aliphatic carbocycles. The van der Waals surface area contributed by atoms with Crippen molar-refractivity contribution >= 4 is 33.2 Å². The second kappa shape index (κ2) is 8.65. The highest BCUT2D eigenvalue weighted by Crippen LogP contribution is 2.24. The molecule has 1 amide bonds. The molecule has 1 aromatic carbocycles. The van der Waals surface area contributed by atoms with Gasteiger partial charge >= 0.3 is 0 Å². The topological polar surface area (TPSA) is 32.8 Å². The summed E-state index contributed by atoms with van der Waals surface area (Å²) in [6, 6.07) is 11.7. The highest BCUT2D eigenvalue weighted by molar-refractivity contribution is 9.11. The number of benzene rings is 1. The largest absolute Gasteiger partial charge is 0.489 e. The molecule has 0 unspecified atom stereocenters. The zero-order chi connectivity index (χ0) is 17.6. The average Bonchev–Trinajstić information content (AvgIpc) is 3.05. The van der Waals surface area contributed by atoms with Crippen LogP contribution in [0.4, 0.5) is 0 Å². The average molecular weight is 421 g/mol. The van der Waals surface area contributed by atoms with Crippen molar-refractivity contribution in [3.63, 3.8) is 0 Å². The highest BCUT2D eigenvalue weighted by atomic mass is 79.9. The summed E-state index contributed by atoms with van der Waals surface area (Å²) in [6.45, 7) is 8.24. The van der Waals surface area contributed by atoms with Gasteiger partial charge in [0, 0.05) is 37.6 Å². The van der Waals surface area contributed by atoms with Crippen LogP contribution in [-0.4, -0.2) is 48.5 Å². The molecule has 3 rings (SSSR count). The molecular formula is C19H21BrN2O2S. The van der Waals surface area contributed by atoms with Crippen LogP contribution < -0.4 is 4.74 Å². The summed E-state index contributed by atoms with van der Waals surface area (Å²) < 4.78 is 6.78. The van der Waals surface area contributed by atoms with Gasteiger partial charge in [0.25, 0.3) is 5.91 Å². The Morgan fingerprint density at radius 2 is 1.96 bits per heavy atom. The van der Waals surface area contributed by atoms with Crippen molar-refractivity contribution < 1.29 is 9.53 Å². The van der Waals surface area contributed by atoms with E-state index < -0.39 is 0 Å². The van der Waals surface area contributed by atoms with Crippen LogP contribution in [0.2, 0.25) is 0 Å². The van der Waals surface area contributed by atoms with Crippen molar-refractivity contribution in [2.75, 3.05) is 32.8 Å². The molecule has 1 fully saturated rings. The normalized spacial score (nSPS) is 15.2. The number of piperazine rings is 1. The van der Waals surface area contributed by atoms with Gasteiger partial charge in [-0.15, -0.1) is 11.3 Å². The molecule has 0 spiro atoms. The Morgan fingerprint density at radius 1 is 1.20 bits per heavy atom. The van der Waals surface area contributed by atoms with Crippen LogP contribution in [0.15, 0.2) is 52.8 Å². The molecular weight excluding hydrogens is 400 g/mol. The summed E-state index contributed by atoms with van der Waals surface area (Å²) in [5.41, 5.74) is 0.625. The summed E-state index contributed by atoms with van der Waals surface area (Å²) in [5, 5.41) is 0. The molecule has 2 aromatic rings. The number of ether oxygens (including phenoxy) is 1. The van der Waals surface area contributed by atoms with Gasteiger partial charge in [0.2, 0.25) is 0 Å². The summed E-state index contributed by atoms with van der Waals surface area (Å²) in [6.07, 6.45) is 1.68. The van der Waals surface area contributed by atoms with Crippen molar-refractivity contribution in [3.05, 3.63) is 63.3 Å². The molecule has 4 nitrogen and oxygen atoms in total. The number of thiophene rings is 1. The Labute approximate surface area is 160 Å². The zero-order valence-electron chi connectivity index (χ0n) is 14.0. The number of nitrogens with zero attached hydrogens (tertiary/aromatic N) is 2. The molecule has 2 heterocycles. The van der Waals surface area contributed by atoms with Gasteiger partial charge in [0.1, 0.15) is 12.4 Å². The van der Waals surface area contributed by atoms with E-state index in [1.807, 2.05) is 29.2 Å². The lowest BCUT2D eigenvalue weighted by molar-refractivity contribution is 0.0626. The van der Waals surface area contributed by atoms with Crippen molar-refractivity contribution in [2.45, 2.75) is 6.54 Å². The molecule has 1 aromatic heterocycles.